The normalized spacial score (nSPS) is 21.3. The molecule has 1 fully saturated rings. The second-order valence-electron chi connectivity index (χ2n) is 4.41. The molecule has 5 nitrogen and oxygen atoms in total. The summed E-state index contributed by atoms with van der Waals surface area (Å²) in [6.45, 7) is 0. The average Bonchev–Trinajstić information content (AvgIpc) is 2.70. The van der Waals surface area contributed by atoms with Gasteiger partial charge in [-0.2, -0.15) is 0 Å². The molecule has 0 radical (unpaired) electrons. The van der Waals surface area contributed by atoms with Crippen molar-refractivity contribution in [1.82, 2.24) is 0 Å². The van der Waals surface area contributed by atoms with Crippen molar-refractivity contribution < 1.29 is 22.0 Å². The molecule has 1 aromatic carbocycles. The van der Waals surface area contributed by atoms with Gasteiger partial charge in [0.2, 0.25) is 5.91 Å². The zero-order chi connectivity index (χ0) is 14.2. The van der Waals surface area contributed by atoms with Gasteiger partial charge in [-0.25, -0.2) is 17.2 Å². The summed E-state index contributed by atoms with van der Waals surface area (Å²) in [6.07, 6.45) is 0.172. The Balaban J connectivity index is 2.19. The van der Waals surface area contributed by atoms with Crippen LogP contribution in [0.5, 0.6) is 0 Å². The van der Waals surface area contributed by atoms with Crippen LogP contribution in [0.4, 0.5) is 20.2 Å². The smallest absolute Gasteiger partial charge is 0.228 e. The van der Waals surface area contributed by atoms with E-state index in [1.807, 2.05) is 0 Å². The van der Waals surface area contributed by atoms with Gasteiger partial charge >= 0.3 is 0 Å². The quantitative estimate of drug-likeness (QED) is 0.793. The highest BCUT2D eigenvalue weighted by molar-refractivity contribution is 7.91. The van der Waals surface area contributed by atoms with E-state index in [4.69, 9.17) is 5.73 Å². The minimum absolute atomic E-state index is 0.0772. The molecule has 2 rings (SSSR count). The van der Waals surface area contributed by atoms with E-state index in [0.717, 1.165) is 12.1 Å². The lowest BCUT2D eigenvalue weighted by Gasteiger charge is -2.12. The molecular weight excluding hydrogens is 278 g/mol. The van der Waals surface area contributed by atoms with Crippen LogP contribution in [0, 0.1) is 17.6 Å². The predicted octanol–water partition coefficient (Wildman–Crippen LogP) is 0.920. The predicted molar refractivity (Wildman–Crippen MR) is 66.2 cm³/mol. The number of sulfone groups is 1. The molecule has 0 spiro atoms. The van der Waals surface area contributed by atoms with E-state index < -0.39 is 39.0 Å². The van der Waals surface area contributed by atoms with Crippen LogP contribution in [0.25, 0.3) is 0 Å². The van der Waals surface area contributed by atoms with Crippen molar-refractivity contribution in [2.75, 3.05) is 22.6 Å². The second-order valence-corrected chi connectivity index (χ2v) is 6.64. The highest BCUT2D eigenvalue weighted by atomic mass is 32.2. The van der Waals surface area contributed by atoms with Crippen LogP contribution < -0.4 is 11.1 Å². The fourth-order valence-corrected chi connectivity index (χ4v) is 3.66. The number of nitrogens with one attached hydrogen (secondary N) is 1. The maximum Gasteiger partial charge on any atom is 0.228 e. The first-order valence-corrected chi connectivity index (χ1v) is 7.37. The maximum atomic E-state index is 13.5. The van der Waals surface area contributed by atoms with Gasteiger partial charge in [-0.05, 0) is 18.6 Å². The van der Waals surface area contributed by atoms with Gasteiger partial charge in [0.1, 0.15) is 5.69 Å². The van der Waals surface area contributed by atoms with E-state index in [-0.39, 0.29) is 23.6 Å². The standard InChI is InChI=1S/C11H12F2N2O3S/c12-7-1-2-8(14)10(9(7)13)15-11(16)6-3-4-19(17,18)5-6/h1-2,6H,3-5,14H2,(H,15,16). The van der Waals surface area contributed by atoms with Crippen molar-refractivity contribution in [3.05, 3.63) is 23.8 Å². The molecule has 0 aliphatic carbocycles. The van der Waals surface area contributed by atoms with Crippen LogP contribution in [0.2, 0.25) is 0 Å². The number of carbonyl (C=O) groups is 1. The zero-order valence-corrected chi connectivity index (χ0v) is 10.6. The summed E-state index contributed by atoms with van der Waals surface area (Å²) in [4.78, 5) is 11.8. The molecule has 1 aromatic rings. The topological polar surface area (TPSA) is 89.3 Å². The molecule has 1 aliphatic heterocycles. The van der Waals surface area contributed by atoms with Crippen LogP contribution in [-0.4, -0.2) is 25.8 Å². The Morgan fingerprint density at radius 2 is 2.05 bits per heavy atom. The molecule has 8 heteroatoms. The molecule has 1 heterocycles. The Bertz CT molecular complexity index is 631. The fraction of sp³-hybridized carbons (Fsp3) is 0.364. The van der Waals surface area contributed by atoms with Crippen LogP contribution in [0.1, 0.15) is 6.42 Å². The molecule has 19 heavy (non-hydrogen) atoms. The van der Waals surface area contributed by atoms with Gasteiger partial charge in [-0.3, -0.25) is 4.79 Å². The van der Waals surface area contributed by atoms with Crippen molar-refractivity contribution in [1.29, 1.82) is 0 Å². The lowest BCUT2D eigenvalue weighted by molar-refractivity contribution is -0.119. The lowest BCUT2D eigenvalue weighted by atomic mass is 10.1. The zero-order valence-electron chi connectivity index (χ0n) is 9.82. The molecule has 0 bridgehead atoms. The first kappa shape index (κ1) is 13.7. The first-order valence-electron chi connectivity index (χ1n) is 5.55. The van der Waals surface area contributed by atoms with E-state index in [1.54, 1.807) is 0 Å². The largest absolute Gasteiger partial charge is 0.397 e. The molecule has 0 aromatic heterocycles. The van der Waals surface area contributed by atoms with Crippen molar-refractivity contribution in [2.24, 2.45) is 5.92 Å². The summed E-state index contributed by atoms with van der Waals surface area (Å²) in [5.41, 5.74) is 4.88. The minimum Gasteiger partial charge on any atom is -0.397 e. The fourth-order valence-electron chi connectivity index (χ4n) is 1.92. The SMILES string of the molecule is Nc1ccc(F)c(F)c1NC(=O)C1CCS(=O)(=O)C1. The first-order chi connectivity index (χ1) is 8.80. The van der Waals surface area contributed by atoms with Crippen LogP contribution in [0.15, 0.2) is 12.1 Å². The monoisotopic (exact) mass is 290 g/mol. The van der Waals surface area contributed by atoms with Crippen molar-refractivity contribution in [3.8, 4) is 0 Å². The van der Waals surface area contributed by atoms with Crippen molar-refractivity contribution in [3.63, 3.8) is 0 Å². The number of halogens is 2. The summed E-state index contributed by atoms with van der Waals surface area (Å²) < 4.78 is 49.0. The summed E-state index contributed by atoms with van der Waals surface area (Å²) in [5, 5.41) is 2.16. The number of rotatable bonds is 2. The number of amides is 1. The van der Waals surface area contributed by atoms with Gasteiger partial charge in [-0.1, -0.05) is 0 Å². The summed E-state index contributed by atoms with van der Waals surface area (Å²) in [5.74, 6) is -4.18. The number of hydrogen-bond acceptors (Lipinski definition) is 4. The van der Waals surface area contributed by atoms with Gasteiger partial charge < -0.3 is 11.1 Å². The second kappa shape index (κ2) is 4.76. The number of nitrogens with two attached hydrogens (primary N) is 1. The van der Waals surface area contributed by atoms with Gasteiger partial charge in [0, 0.05) is 0 Å². The van der Waals surface area contributed by atoms with Crippen LogP contribution in [0.3, 0.4) is 0 Å². The molecule has 3 N–H and O–H groups in total. The molecule has 0 saturated carbocycles. The van der Waals surface area contributed by atoms with Gasteiger partial charge in [0.05, 0.1) is 23.1 Å². The third-order valence-electron chi connectivity index (χ3n) is 2.98. The van der Waals surface area contributed by atoms with E-state index in [9.17, 15) is 22.0 Å². The van der Waals surface area contributed by atoms with Gasteiger partial charge in [-0.15, -0.1) is 0 Å². The Labute approximate surface area is 108 Å². The Morgan fingerprint density at radius 3 is 2.63 bits per heavy atom. The van der Waals surface area contributed by atoms with Crippen LogP contribution in [-0.2, 0) is 14.6 Å². The number of anilines is 2. The highest BCUT2D eigenvalue weighted by Gasteiger charge is 2.33. The summed E-state index contributed by atoms with van der Waals surface area (Å²) >= 11 is 0. The maximum absolute atomic E-state index is 13.5. The number of carbonyl (C=O) groups excluding carboxylic acids is 1. The van der Waals surface area contributed by atoms with Gasteiger partial charge in [0.25, 0.3) is 0 Å². The number of hydrogen-bond donors (Lipinski definition) is 2. The number of benzene rings is 1. The van der Waals surface area contributed by atoms with E-state index in [0.29, 0.717) is 0 Å². The molecular formula is C11H12F2N2O3S. The molecule has 1 atom stereocenters. The van der Waals surface area contributed by atoms with Gasteiger partial charge in [0.15, 0.2) is 21.5 Å². The third kappa shape index (κ3) is 2.83. The highest BCUT2D eigenvalue weighted by Crippen LogP contribution is 2.27. The molecule has 1 unspecified atom stereocenters. The third-order valence-corrected chi connectivity index (χ3v) is 4.75. The minimum atomic E-state index is -3.22. The summed E-state index contributed by atoms with van der Waals surface area (Å²) in [6, 6.07) is 1.97. The average molecular weight is 290 g/mol. The van der Waals surface area contributed by atoms with Crippen molar-refractivity contribution >= 4 is 27.1 Å². The molecule has 1 amide bonds. The molecule has 1 aliphatic rings. The van der Waals surface area contributed by atoms with Crippen molar-refractivity contribution in [2.45, 2.75) is 6.42 Å². The summed E-state index contributed by atoms with van der Waals surface area (Å²) in [7, 11) is -3.22. The van der Waals surface area contributed by atoms with Crippen LogP contribution >= 0.6 is 0 Å². The Hall–Kier alpha value is -1.70. The Morgan fingerprint density at radius 1 is 1.37 bits per heavy atom. The lowest BCUT2D eigenvalue weighted by Crippen LogP contribution is -2.25. The Kier molecular flexibility index (Phi) is 3.44. The van der Waals surface area contributed by atoms with E-state index in [1.165, 1.54) is 0 Å². The molecule has 104 valence electrons. The van der Waals surface area contributed by atoms with E-state index in [2.05, 4.69) is 5.32 Å². The molecule has 1 saturated heterocycles. The number of nitrogen functional groups attached to an aromatic ring is 1. The van der Waals surface area contributed by atoms with E-state index >= 15 is 0 Å².